The van der Waals surface area contributed by atoms with Crippen LogP contribution in [0.3, 0.4) is 0 Å². The van der Waals surface area contributed by atoms with Gasteiger partial charge in [-0.3, -0.25) is 4.79 Å². The lowest BCUT2D eigenvalue weighted by atomic mass is 10.1. The van der Waals surface area contributed by atoms with Crippen molar-refractivity contribution in [3.8, 4) is 0 Å². The van der Waals surface area contributed by atoms with Gasteiger partial charge >= 0.3 is 6.18 Å². The molecule has 0 heterocycles. The lowest BCUT2D eigenvalue weighted by Crippen LogP contribution is -2.29. The Labute approximate surface area is 117 Å². The highest BCUT2D eigenvalue weighted by molar-refractivity contribution is 9.10. The fraction of sp³-hybridized carbons (Fsp3) is 0.417. The van der Waals surface area contributed by atoms with Gasteiger partial charge in [0.2, 0.25) is 5.91 Å². The summed E-state index contributed by atoms with van der Waals surface area (Å²) in [4.78, 5) is 11.8. The van der Waals surface area contributed by atoms with E-state index in [-0.39, 0.29) is 12.2 Å². The fourth-order valence-electron chi connectivity index (χ4n) is 1.55. The van der Waals surface area contributed by atoms with Crippen molar-refractivity contribution < 1.29 is 18.0 Å². The van der Waals surface area contributed by atoms with Crippen molar-refractivity contribution in [3.63, 3.8) is 0 Å². The van der Waals surface area contributed by atoms with Crippen LogP contribution < -0.4 is 11.1 Å². The van der Waals surface area contributed by atoms with Gasteiger partial charge in [-0.25, -0.2) is 0 Å². The van der Waals surface area contributed by atoms with Crippen LogP contribution in [0.15, 0.2) is 22.7 Å². The first-order valence-electron chi connectivity index (χ1n) is 5.67. The van der Waals surface area contributed by atoms with E-state index in [1.165, 1.54) is 12.1 Å². The minimum Gasteiger partial charge on any atom is -0.330 e. The number of hydrogen-bond acceptors (Lipinski definition) is 2. The smallest absolute Gasteiger partial charge is 0.330 e. The van der Waals surface area contributed by atoms with Crippen molar-refractivity contribution in [2.75, 3.05) is 11.9 Å². The zero-order chi connectivity index (χ0) is 14.6. The molecule has 1 rings (SSSR count). The van der Waals surface area contributed by atoms with Crippen molar-refractivity contribution >= 4 is 27.5 Å². The van der Waals surface area contributed by atoms with E-state index in [1.54, 1.807) is 6.92 Å². The normalized spacial score (nSPS) is 13.2. The molecule has 0 aliphatic carbocycles. The minimum absolute atomic E-state index is 0.0974. The lowest BCUT2D eigenvalue weighted by Gasteiger charge is -2.17. The van der Waals surface area contributed by atoms with Gasteiger partial charge in [-0.05, 0) is 24.6 Å². The quantitative estimate of drug-likeness (QED) is 0.884. The third-order valence-electron chi connectivity index (χ3n) is 2.69. The Morgan fingerprint density at radius 3 is 2.58 bits per heavy atom. The standard InChI is InChI=1S/C12H14BrF3N2O/c1-2-7(6-17)11(19)18-10-4-3-8(13)5-9(10)12(14,15)16/h3-5,7H,2,6,17H2,1H3,(H,18,19). The van der Waals surface area contributed by atoms with Gasteiger partial charge in [-0.2, -0.15) is 13.2 Å². The van der Waals surface area contributed by atoms with Gasteiger partial charge < -0.3 is 11.1 Å². The van der Waals surface area contributed by atoms with Crippen LogP contribution in [0.1, 0.15) is 18.9 Å². The van der Waals surface area contributed by atoms with E-state index in [4.69, 9.17) is 5.73 Å². The molecule has 0 aliphatic heterocycles. The number of rotatable bonds is 4. The molecule has 0 aliphatic rings. The first kappa shape index (κ1) is 16.0. The molecule has 0 aromatic heterocycles. The number of nitrogens with two attached hydrogens (primary N) is 1. The summed E-state index contributed by atoms with van der Waals surface area (Å²) in [6, 6.07) is 3.58. The van der Waals surface area contributed by atoms with Gasteiger partial charge in [0.15, 0.2) is 0 Å². The molecule has 1 aromatic carbocycles. The van der Waals surface area contributed by atoms with Crippen molar-refractivity contribution in [2.45, 2.75) is 19.5 Å². The molecule has 7 heteroatoms. The van der Waals surface area contributed by atoms with E-state index in [0.717, 1.165) is 6.07 Å². The molecule has 1 atom stereocenters. The summed E-state index contributed by atoms with van der Waals surface area (Å²) in [7, 11) is 0. The molecule has 0 bridgehead atoms. The molecule has 0 saturated heterocycles. The molecule has 0 radical (unpaired) electrons. The predicted octanol–water partition coefficient (Wildman–Crippen LogP) is 3.39. The lowest BCUT2D eigenvalue weighted by molar-refractivity contribution is -0.137. The molecule has 0 saturated carbocycles. The molecule has 0 spiro atoms. The van der Waals surface area contributed by atoms with E-state index in [1.807, 2.05) is 0 Å². The van der Waals surface area contributed by atoms with Gasteiger partial charge in [-0.1, -0.05) is 22.9 Å². The van der Waals surface area contributed by atoms with Crippen LogP contribution >= 0.6 is 15.9 Å². The van der Waals surface area contributed by atoms with Crippen molar-refractivity contribution in [3.05, 3.63) is 28.2 Å². The number of amides is 1. The molecule has 0 fully saturated rings. The largest absolute Gasteiger partial charge is 0.418 e. The third kappa shape index (κ3) is 4.21. The Morgan fingerprint density at radius 2 is 2.11 bits per heavy atom. The van der Waals surface area contributed by atoms with Crippen LogP contribution in [0.5, 0.6) is 0 Å². The number of carbonyl (C=O) groups excluding carboxylic acids is 1. The number of alkyl halides is 3. The molecule has 1 unspecified atom stereocenters. The van der Waals surface area contributed by atoms with Crippen LogP contribution in [-0.2, 0) is 11.0 Å². The zero-order valence-electron chi connectivity index (χ0n) is 10.2. The molecule has 1 amide bonds. The second kappa shape index (κ2) is 6.38. The maximum absolute atomic E-state index is 12.8. The third-order valence-corrected chi connectivity index (χ3v) is 3.19. The Kier molecular flexibility index (Phi) is 5.37. The fourth-order valence-corrected chi connectivity index (χ4v) is 1.91. The second-order valence-corrected chi connectivity index (χ2v) is 4.93. The Balaban J connectivity index is 3.05. The number of benzene rings is 1. The molecule has 3 nitrogen and oxygen atoms in total. The topological polar surface area (TPSA) is 55.1 Å². The number of halogens is 4. The summed E-state index contributed by atoms with van der Waals surface area (Å²) in [5, 5.41) is 2.29. The second-order valence-electron chi connectivity index (χ2n) is 4.02. The van der Waals surface area contributed by atoms with E-state index in [9.17, 15) is 18.0 Å². The number of anilines is 1. The molecular weight excluding hydrogens is 325 g/mol. The maximum Gasteiger partial charge on any atom is 0.418 e. The van der Waals surface area contributed by atoms with Crippen LogP contribution in [0, 0.1) is 5.92 Å². The van der Waals surface area contributed by atoms with Crippen molar-refractivity contribution in [1.82, 2.24) is 0 Å². The average molecular weight is 339 g/mol. The summed E-state index contributed by atoms with van der Waals surface area (Å²) in [6.07, 6.45) is -4.06. The SMILES string of the molecule is CCC(CN)C(=O)Nc1ccc(Br)cc1C(F)(F)F. The summed E-state index contributed by atoms with van der Waals surface area (Å²) in [6.45, 7) is 1.85. The summed E-state index contributed by atoms with van der Waals surface area (Å²) in [5.41, 5.74) is 4.25. The highest BCUT2D eigenvalue weighted by atomic mass is 79.9. The minimum atomic E-state index is -4.53. The highest BCUT2D eigenvalue weighted by Gasteiger charge is 2.34. The highest BCUT2D eigenvalue weighted by Crippen LogP contribution is 2.36. The van der Waals surface area contributed by atoms with Crippen molar-refractivity contribution in [1.29, 1.82) is 0 Å². The van der Waals surface area contributed by atoms with Crippen molar-refractivity contribution in [2.24, 2.45) is 11.7 Å². The van der Waals surface area contributed by atoms with E-state index in [0.29, 0.717) is 10.9 Å². The summed E-state index contributed by atoms with van der Waals surface area (Å²) >= 11 is 2.98. The monoisotopic (exact) mass is 338 g/mol. The number of hydrogen-bond donors (Lipinski definition) is 2. The van der Waals surface area contributed by atoms with E-state index in [2.05, 4.69) is 21.2 Å². The van der Waals surface area contributed by atoms with Gasteiger partial charge in [0.1, 0.15) is 0 Å². The first-order chi connectivity index (χ1) is 8.79. The maximum atomic E-state index is 12.8. The average Bonchev–Trinajstić information content (AvgIpc) is 2.31. The molecule has 3 N–H and O–H groups in total. The van der Waals surface area contributed by atoms with E-state index < -0.39 is 23.6 Å². The van der Waals surface area contributed by atoms with Crippen LogP contribution in [-0.4, -0.2) is 12.5 Å². The Hall–Kier alpha value is -1.08. The molecule has 19 heavy (non-hydrogen) atoms. The predicted molar refractivity (Wildman–Crippen MR) is 70.6 cm³/mol. The first-order valence-corrected chi connectivity index (χ1v) is 6.46. The van der Waals surface area contributed by atoms with Gasteiger partial charge in [0.25, 0.3) is 0 Å². The Morgan fingerprint density at radius 1 is 1.47 bits per heavy atom. The Bertz CT molecular complexity index is 459. The van der Waals surface area contributed by atoms with Gasteiger partial charge in [0, 0.05) is 11.0 Å². The van der Waals surface area contributed by atoms with E-state index >= 15 is 0 Å². The summed E-state index contributed by atoms with van der Waals surface area (Å²) < 4.78 is 38.8. The molecule has 106 valence electrons. The zero-order valence-corrected chi connectivity index (χ0v) is 11.8. The van der Waals surface area contributed by atoms with Crippen LogP contribution in [0.2, 0.25) is 0 Å². The van der Waals surface area contributed by atoms with Crippen LogP contribution in [0.4, 0.5) is 18.9 Å². The molecular formula is C12H14BrF3N2O. The number of nitrogens with one attached hydrogen (secondary N) is 1. The molecule has 1 aromatic rings. The summed E-state index contributed by atoms with van der Waals surface area (Å²) in [5.74, 6) is -0.998. The van der Waals surface area contributed by atoms with Gasteiger partial charge in [-0.15, -0.1) is 0 Å². The number of carbonyl (C=O) groups is 1. The van der Waals surface area contributed by atoms with Gasteiger partial charge in [0.05, 0.1) is 17.2 Å². The van der Waals surface area contributed by atoms with Crippen LogP contribution in [0.25, 0.3) is 0 Å².